The predicted molar refractivity (Wildman–Crippen MR) is 96.0 cm³/mol. The third-order valence-corrected chi connectivity index (χ3v) is 6.04. The van der Waals surface area contributed by atoms with Gasteiger partial charge in [0, 0.05) is 29.4 Å². The summed E-state index contributed by atoms with van der Waals surface area (Å²) in [5.41, 5.74) is 6.12. The molecule has 2 aliphatic rings. The minimum Gasteiger partial charge on any atom is -0.381 e. The van der Waals surface area contributed by atoms with Crippen LogP contribution < -0.4 is 11.1 Å². The van der Waals surface area contributed by atoms with Crippen molar-refractivity contribution in [3.8, 4) is 0 Å². The molecule has 1 aromatic carbocycles. The highest BCUT2D eigenvalue weighted by Crippen LogP contribution is 2.51. The van der Waals surface area contributed by atoms with Crippen molar-refractivity contribution in [1.82, 2.24) is 5.32 Å². The Bertz CT molecular complexity index is 505. The number of benzene rings is 1. The van der Waals surface area contributed by atoms with Crippen molar-refractivity contribution in [3.05, 3.63) is 30.3 Å². The molecule has 23 heavy (non-hydrogen) atoms. The van der Waals surface area contributed by atoms with Crippen LogP contribution in [0, 0.1) is 5.92 Å². The van der Waals surface area contributed by atoms with E-state index in [1.807, 2.05) is 17.8 Å². The molecule has 1 aromatic rings. The Morgan fingerprint density at radius 1 is 1.30 bits per heavy atom. The van der Waals surface area contributed by atoms with Crippen LogP contribution in [0.4, 0.5) is 0 Å². The van der Waals surface area contributed by atoms with E-state index in [2.05, 4.69) is 29.6 Å². The fraction of sp³-hybridized carbons (Fsp3) is 0.588. The van der Waals surface area contributed by atoms with Gasteiger partial charge in [-0.05, 0) is 43.7 Å². The maximum Gasteiger partial charge on any atom is 0.237 e. The summed E-state index contributed by atoms with van der Waals surface area (Å²) in [5, 5.41) is 3.08. The standard InChI is InChI=1S/C17H24N2O2S.ClH/c18-15(13-6-10-21-11-7-13)16(20)19-12-17(8-9-17)22-14-4-2-1-3-5-14;/h1-5,13,15H,6-12,18H2,(H,19,20);1H. The van der Waals surface area contributed by atoms with Crippen LogP contribution in [0.1, 0.15) is 25.7 Å². The summed E-state index contributed by atoms with van der Waals surface area (Å²) in [6, 6.07) is 9.98. The summed E-state index contributed by atoms with van der Waals surface area (Å²) in [4.78, 5) is 13.5. The van der Waals surface area contributed by atoms with E-state index in [-0.39, 0.29) is 29.0 Å². The van der Waals surface area contributed by atoms with Gasteiger partial charge in [-0.25, -0.2) is 0 Å². The molecule has 1 amide bonds. The first-order valence-electron chi connectivity index (χ1n) is 8.04. The smallest absolute Gasteiger partial charge is 0.237 e. The Hall–Kier alpha value is -0.750. The Labute approximate surface area is 148 Å². The number of nitrogens with two attached hydrogens (primary N) is 1. The molecule has 1 unspecified atom stereocenters. The van der Waals surface area contributed by atoms with Gasteiger partial charge >= 0.3 is 0 Å². The third-order valence-electron chi connectivity index (χ3n) is 4.55. The highest BCUT2D eigenvalue weighted by atomic mass is 35.5. The van der Waals surface area contributed by atoms with Crippen molar-refractivity contribution in [3.63, 3.8) is 0 Å². The second kappa shape index (κ2) is 8.38. The number of halogens is 1. The Morgan fingerprint density at radius 3 is 2.57 bits per heavy atom. The van der Waals surface area contributed by atoms with Gasteiger partial charge in [0.15, 0.2) is 0 Å². The molecule has 1 saturated heterocycles. The molecule has 3 N–H and O–H groups in total. The summed E-state index contributed by atoms with van der Waals surface area (Å²) in [7, 11) is 0. The molecular weight excluding hydrogens is 332 g/mol. The van der Waals surface area contributed by atoms with Crippen LogP contribution in [0.5, 0.6) is 0 Å². The maximum atomic E-state index is 12.3. The SMILES string of the molecule is Cl.NC(C(=O)NCC1(Sc2ccccc2)CC1)C1CCOCC1. The number of rotatable bonds is 6. The van der Waals surface area contributed by atoms with Crippen molar-refractivity contribution in [2.24, 2.45) is 11.7 Å². The Morgan fingerprint density at radius 2 is 1.96 bits per heavy atom. The molecule has 1 atom stereocenters. The van der Waals surface area contributed by atoms with E-state index in [4.69, 9.17) is 10.5 Å². The van der Waals surface area contributed by atoms with E-state index in [1.165, 1.54) is 4.90 Å². The number of nitrogens with one attached hydrogen (secondary N) is 1. The van der Waals surface area contributed by atoms with Crippen molar-refractivity contribution < 1.29 is 9.53 Å². The third kappa shape index (κ3) is 5.11. The zero-order valence-corrected chi connectivity index (χ0v) is 14.8. The number of carbonyl (C=O) groups excluding carboxylic acids is 1. The molecule has 6 heteroatoms. The van der Waals surface area contributed by atoms with E-state index in [0.29, 0.717) is 6.54 Å². The molecule has 128 valence electrons. The lowest BCUT2D eigenvalue weighted by molar-refractivity contribution is -0.124. The van der Waals surface area contributed by atoms with Crippen LogP contribution in [0.15, 0.2) is 35.2 Å². The van der Waals surface area contributed by atoms with E-state index in [0.717, 1.165) is 38.9 Å². The molecule has 0 radical (unpaired) electrons. The topological polar surface area (TPSA) is 64.4 Å². The van der Waals surface area contributed by atoms with Crippen molar-refractivity contribution in [2.45, 2.75) is 41.4 Å². The number of hydrogen-bond donors (Lipinski definition) is 2. The van der Waals surface area contributed by atoms with E-state index < -0.39 is 6.04 Å². The quantitative estimate of drug-likeness (QED) is 0.822. The van der Waals surface area contributed by atoms with Crippen molar-refractivity contribution >= 4 is 30.1 Å². The molecule has 1 saturated carbocycles. The molecule has 0 bridgehead atoms. The minimum atomic E-state index is -0.401. The van der Waals surface area contributed by atoms with Gasteiger partial charge in [-0.3, -0.25) is 4.79 Å². The zero-order chi connectivity index (χ0) is 15.4. The van der Waals surface area contributed by atoms with Crippen LogP contribution >= 0.6 is 24.2 Å². The maximum absolute atomic E-state index is 12.3. The minimum absolute atomic E-state index is 0. The van der Waals surface area contributed by atoms with Gasteiger partial charge in [0.25, 0.3) is 0 Å². The molecule has 4 nitrogen and oxygen atoms in total. The highest BCUT2D eigenvalue weighted by Gasteiger charge is 2.44. The number of hydrogen-bond acceptors (Lipinski definition) is 4. The van der Waals surface area contributed by atoms with Gasteiger partial charge in [-0.1, -0.05) is 18.2 Å². The van der Waals surface area contributed by atoms with E-state index >= 15 is 0 Å². The molecule has 3 rings (SSSR count). The first-order valence-corrected chi connectivity index (χ1v) is 8.85. The first kappa shape index (κ1) is 18.6. The lowest BCUT2D eigenvalue weighted by Gasteiger charge is -2.27. The monoisotopic (exact) mass is 356 g/mol. The molecule has 2 fully saturated rings. The van der Waals surface area contributed by atoms with Crippen molar-refractivity contribution in [2.75, 3.05) is 19.8 Å². The lowest BCUT2D eigenvalue weighted by atomic mass is 9.92. The summed E-state index contributed by atoms with van der Waals surface area (Å²) in [6.07, 6.45) is 4.08. The highest BCUT2D eigenvalue weighted by molar-refractivity contribution is 8.01. The second-order valence-electron chi connectivity index (χ2n) is 6.29. The number of thioether (sulfide) groups is 1. The molecular formula is C17H25ClN2O2S. The van der Waals surface area contributed by atoms with Crippen LogP contribution in [0.3, 0.4) is 0 Å². The number of ether oxygens (including phenoxy) is 1. The molecule has 0 spiro atoms. The van der Waals surface area contributed by atoms with Gasteiger partial charge in [-0.2, -0.15) is 0 Å². The average molecular weight is 357 g/mol. The predicted octanol–water partition coefficient (Wildman–Crippen LogP) is 2.60. The summed E-state index contributed by atoms with van der Waals surface area (Å²) >= 11 is 1.87. The molecule has 1 aliphatic carbocycles. The normalized spacial score (nSPS) is 21.1. The fourth-order valence-corrected chi connectivity index (χ4v) is 4.09. The van der Waals surface area contributed by atoms with E-state index in [1.54, 1.807) is 0 Å². The molecule has 1 aliphatic heterocycles. The Kier molecular flexibility index (Phi) is 6.77. The van der Waals surface area contributed by atoms with Crippen LogP contribution in [0.25, 0.3) is 0 Å². The van der Waals surface area contributed by atoms with Crippen molar-refractivity contribution in [1.29, 1.82) is 0 Å². The summed E-state index contributed by atoms with van der Waals surface area (Å²) in [6.45, 7) is 2.15. The number of carbonyl (C=O) groups is 1. The molecule has 0 aromatic heterocycles. The summed E-state index contributed by atoms with van der Waals surface area (Å²) < 4.78 is 5.50. The van der Waals surface area contributed by atoms with Gasteiger partial charge in [-0.15, -0.1) is 24.2 Å². The van der Waals surface area contributed by atoms with Gasteiger partial charge in [0.2, 0.25) is 5.91 Å². The fourth-order valence-electron chi connectivity index (χ4n) is 2.85. The number of amides is 1. The van der Waals surface area contributed by atoms with Crippen LogP contribution in [-0.4, -0.2) is 36.5 Å². The van der Waals surface area contributed by atoms with Crippen LogP contribution in [0.2, 0.25) is 0 Å². The Balaban J connectivity index is 0.00000192. The lowest BCUT2D eigenvalue weighted by Crippen LogP contribution is -2.48. The van der Waals surface area contributed by atoms with Crippen LogP contribution in [-0.2, 0) is 9.53 Å². The largest absolute Gasteiger partial charge is 0.381 e. The first-order chi connectivity index (χ1) is 10.7. The average Bonchev–Trinajstić information content (AvgIpc) is 3.33. The summed E-state index contributed by atoms with van der Waals surface area (Å²) in [5.74, 6) is 0.248. The molecule has 1 heterocycles. The van der Waals surface area contributed by atoms with Gasteiger partial charge in [0.05, 0.1) is 6.04 Å². The zero-order valence-electron chi connectivity index (χ0n) is 13.2. The van der Waals surface area contributed by atoms with E-state index in [9.17, 15) is 4.79 Å². The van der Waals surface area contributed by atoms with Gasteiger partial charge in [0.1, 0.15) is 0 Å². The second-order valence-corrected chi connectivity index (χ2v) is 7.83. The van der Waals surface area contributed by atoms with Gasteiger partial charge < -0.3 is 15.8 Å².